The smallest absolute Gasteiger partial charge is 0.129 e. The first-order valence-electron chi connectivity index (χ1n) is 8.40. The van der Waals surface area contributed by atoms with Gasteiger partial charge in [0, 0.05) is 29.5 Å². The minimum atomic E-state index is -0.321. The molecular weight excluding hydrogens is 351 g/mol. The first-order chi connectivity index (χ1) is 12.7. The average Bonchev–Trinajstić information content (AvgIpc) is 2.77. The second kappa shape index (κ2) is 9.15. The Bertz CT molecular complexity index is 808. The van der Waals surface area contributed by atoms with Crippen molar-refractivity contribution in [1.29, 1.82) is 0 Å². The van der Waals surface area contributed by atoms with Crippen LogP contribution in [0.25, 0.3) is 0 Å². The summed E-state index contributed by atoms with van der Waals surface area (Å²) >= 11 is 6.04. The van der Waals surface area contributed by atoms with Crippen molar-refractivity contribution in [2.24, 2.45) is 4.99 Å². The predicted octanol–water partition coefficient (Wildman–Crippen LogP) is 4.49. The van der Waals surface area contributed by atoms with Crippen LogP contribution in [-0.4, -0.2) is 17.9 Å². The van der Waals surface area contributed by atoms with E-state index in [2.05, 4.69) is 26.7 Å². The van der Waals surface area contributed by atoms with Gasteiger partial charge in [-0.25, -0.2) is 9.37 Å². The normalized spacial score (nSPS) is 18.5. The predicted molar refractivity (Wildman–Crippen MR) is 105 cm³/mol. The van der Waals surface area contributed by atoms with Crippen LogP contribution < -0.4 is 10.6 Å². The molecule has 2 heterocycles. The third-order valence-electron chi connectivity index (χ3n) is 3.96. The number of nitrogens with zero attached hydrogens (tertiary/aromatic N) is 2. The number of benzene rings is 1. The van der Waals surface area contributed by atoms with Gasteiger partial charge in [0.05, 0.1) is 0 Å². The Morgan fingerprint density at radius 2 is 2.15 bits per heavy atom. The van der Waals surface area contributed by atoms with Gasteiger partial charge in [-0.2, -0.15) is 0 Å². The third-order valence-corrected chi connectivity index (χ3v) is 4.31. The number of nitrogens with one attached hydrogen (secondary N) is 2. The van der Waals surface area contributed by atoms with Crippen LogP contribution in [0.2, 0.25) is 5.02 Å². The molecule has 1 aromatic heterocycles. The van der Waals surface area contributed by atoms with E-state index in [-0.39, 0.29) is 12.4 Å². The van der Waals surface area contributed by atoms with E-state index < -0.39 is 0 Å². The standard InChI is InChI=1S/C20H20ClFN4/c21-18-5-3-6-19(22)17(18)13-26-20-8-7-16(12-25-20)10-15-4-1-2-9-23-14-24-11-15/h1-3,5-9,11-12,24H,4,10,13-14H2,(H,25,26)/b2-1-,15-11+,23-9-. The van der Waals surface area contributed by atoms with Crippen LogP contribution in [0, 0.1) is 5.82 Å². The second-order valence-electron chi connectivity index (χ2n) is 5.91. The first kappa shape index (κ1) is 18.1. The zero-order valence-electron chi connectivity index (χ0n) is 14.3. The Morgan fingerprint density at radius 1 is 1.23 bits per heavy atom. The van der Waals surface area contributed by atoms with Crippen molar-refractivity contribution in [3.05, 3.63) is 82.4 Å². The molecule has 0 fully saturated rings. The Hall–Kier alpha value is -2.66. The van der Waals surface area contributed by atoms with Gasteiger partial charge in [-0.15, -0.1) is 0 Å². The molecule has 2 N–H and O–H groups in total. The molecule has 134 valence electrons. The van der Waals surface area contributed by atoms with Crippen molar-refractivity contribution in [1.82, 2.24) is 10.3 Å². The van der Waals surface area contributed by atoms with Crippen molar-refractivity contribution in [2.45, 2.75) is 19.4 Å². The molecule has 0 bridgehead atoms. The zero-order valence-corrected chi connectivity index (χ0v) is 15.0. The quantitative estimate of drug-likeness (QED) is 0.815. The van der Waals surface area contributed by atoms with Crippen molar-refractivity contribution in [3.63, 3.8) is 0 Å². The van der Waals surface area contributed by atoms with Gasteiger partial charge in [-0.05, 0) is 54.5 Å². The molecule has 1 aliphatic rings. The number of aromatic nitrogens is 1. The summed E-state index contributed by atoms with van der Waals surface area (Å²) in [5, 5.41) is 6.70. The fraction of sp³-hybridized carbons (Fsp3) is 0.200. The van der Waals surface area contributed by atoms with Gasteiger partial charge in [0.2, 0.25) is 0 Å². The maximum Gasteiger partial charge on any atom is 0.129 e. The number of anilines is 1. The summed E-state index contributed by atoms with van der Waals surface area (Å²) in [6.07, 6.45) is 11.4. The van der Waals surface area contributed by atoms with E-state index in [1.54, 1.807) is 18.3 Å². The largest absolute Gasteiger partial charge is 0.372 e. The Kier molecular flexibility index (Phi) is 6.39. The summed E-state index contributed by atoms with van der Waals surface area (Å²) in [5.74, 6) is 0.362. The lowest BCUT2D eigenvalue weighted by molar-refractivity contribution is 0.613. The topological polar surface area (TPSA) is 49.3 Å². The molecule has 0 spiro atoms. The van der Waals surface area contributed by atoms with Crippen molar-refractivity contribution < 1.29 is 4.39 Å². The zero-order chi connectivity index (χ0) is 18.2. The van der Waals surface area contributed by atoms with E-state index in [0.717, 1.165) is 18.4 Å². The number of allylic oxidation sites excluding steroid dienone is 3. The van der Waals surface area contributed by atoms with Crippen LogP contribution in [0.5, 0.6) is 0 Å². The van der Waals surface area contributed by atoms with Crippen LogP contribution in [0.15, 0.2) is 65.4 Å². The van der Waals surface area contributed by atoms with Crippen molar-refractivity contribution >= 4 is 23.6 Å². The van der Waals surface area contributed by atoms with Gasteiger partial charge in [0.1, 0.15) is 18.3 Å². The second-order valence-corrected chi connectivity index (χ2v) is 6.32. The van der Waals surface area contributed by atoms with Crippen molar-refractivity contribution in [2.75, 3.05) is 12.0 Å². The minimum Gasteiger partial charge on any atom is -0.372 e. The van der Waals surface area contributed by atoms with Crippen LogP contribution in [0.1, 0.15) is 17.5 Å². The average molecular weight is 371 g/mol. The third kappa shape index (κ3) is 5.17. The molecule has 4 nitrogen and oxygen atoms in total. The maximum absolute atomic E-state index is 13.8. The highest BCUT2D eigenvalue weighted by molar-refractivity contribution is 6.31. The summed E-state index contributed by atoms with van der Waals surface area (Å²) < 4.78 is 13.8. The first-order valence-corrected chi connectivity index (χ1v) is 8.78. The molecule has 0 radical (unpaired) electrons. The summed E-state index contributed by atoms with van der Waals surface area (Å²) in [6, 6.07) is 8.59. The van der Waals surface area contributed by atoms with Crippen LogP contribution in [0.4, 0.5) is 10.2 Å². The van der Waals surface area contributed by atoms with Gasteiger partial charge in [-0.3, -0.25) is 4.99 Å². The molecule has 0 aliphatic carbocycles. The molecule has 3 rings (SSSR count). The van der Waals surface area contributed by atoms with E-state index in [4.69, 9.17) is 11.6 Å². The molecule has 6 heteroatoms. The van der Waals surface area contributed by atoms with Gasteiger partial charge >= 0.3 is 0 Å². The molecule has 2 aromatic rings. The summed E-state index contributed by atoms with van der Waals surface area (Å²) in [4.78, 5) is 8.59. The molecule has 0 amide bonds. The number of halogens is 2. The number of aliphatic imine (C=N–C) groups is 1. The highest BCUT2D eigenvalue weighted by atomic mass is 35.5. The Balaban J connectivity index is 1.60. The molecule has 1 aromatic carbocycles. The van der Waals surface area contributed by atoms with Crippen LogP contribution in [0.3, 0.4) is 0 Å². The number of rotatable bonds is 5. The Labute approximate surface area is 157 Å². The van der Waals surface area contributed by atoms with E-state index in [1.165, 1.54) is 11.6 Å². The van der Waals surface area contributed by atoms with E-state index in [1.807, 2.05) is 30.6 Å². The lowest BCUT2D eigenvalue weighted by Crippen LogP contribution is -2.07. The molecule has 0 unspecified atom stereocenters. The number of hydrogen-bond acceptors (Lipinski definition) is 4. The monoisotopic (exact) mass is 370 g/mol. The van der Waals surface area contributed by atoms with Gasteiger partial charge < -0.3 is 10.6 Å². The number of pyridine rings is 1. The van der Waals surface area contributed by atoms with Crippen molar-refractivity contribution in [3.8, 4) is 0 Å². The van der Waals surface area contributed by atoms with Gasteiger partial charge in [-0.1, -0.05) is 29.8 Å². The summed E-state index contributed by atoms with van der Waals surface area (Å²) in [6.45, 7) is 0.866. The fourth-order valence-corrected chi connectivity index (χ4v) is 2.82. The van der Waals surface area contributed by atoms with Gasteiger partial charge in [0.25, 0.3) is 0 Å². The van der Waals surface area contributed by atoms with Gasteiger partial charge in [0.15, 0.2) is 0 Å². The molecule has 0 saturated heterocycles. The van der Waals surface area contributed by atoms with E-state index in [9.17, 15) is 4.39 Å². The highest BCUT2D eigenvalue weighted by Gasteiger charge is 2.07. The highest BCUT2D eigenvalue weighted by Crippen LogP contribution is 2.20. The van der Waals surface area contributed by atoms with Crippen LogP contribution in [-0.2, 0) is 13.0 Å². The van der Waals surface area contributed by atoms with E-state index >= 15 is 0 Å². The number of hydrogen-bond donors (Lipinski definition) is 2. The SMILES string of the molecule is Fc1cccc(Cl)c1CNc1ccc(C/C2=C/NC/N=C\C=C/C2)cn1. The van der Waals surface area contributed by atoms with E-state index in [0.29, 0.717) is 23.1 Å². The molecule has 0 atom stereocenters. The molecule has 0 saturated carbocycles. The minimum absolute atomic E-state index is 0.289. The molecule has 1 aliphatic heterocycles. The molecular formula is C20H20ClFN4. The maximum atomic E-state index is 13.8. The Morgan fingerprint density at radius 3 is 2.96 bits per heavy atom. The summed E-state index contributed by atoms with van der Waals surface area (Å²) in [7, 11) is 0. The van der Waals surface area contributed by atoms with Crippen LogP contribution >= 0.6 is 11.6 Å². The lowest BCUT2D eigenvalue weighted by Gasteiger charge is -2.10. The lowest BCUT2D eigenvalue weighted by atomic mass is 10.0. The molecule has 26 heavy (non-hydrogen) atoms. The summed E-state index contributed by atoms with van der Waals surface area (Å²) in [5.41, 5.74) is 2.81. The fourth-order valence-electron chi connectivity index (χ4n) is 2.59.